The molecule has 21 heavy (non-hydrogen) atoms. The van der Waals surface area contributed by atoms with E-state index in [2.05, 4.69) is 45.6 Å². The first-order valence-corrected chi connectivity index (χ1v) is 8.71. The van der Waals surface area contributed by atoms with Crippen molar-refractivity contribution in [3.05, 3.63) is 11.1 Å². The molecule has 1 aliphatic heterocycles. The molecule has 0 spiro atoms. The topological polar surface area (TPSA) is 58.3 Å². The molecule has 3 rings (SSSR count). The molecular formula is C14H21N5S2. The molecule has 5 nitrogen and oxygen atoms in total. The van der Waals surface area contributed by atoms with Crippen LogP contribution in [-0.2, 0) is 0 Å². The maximum absolute atomic E-state index is 6.11. The van der Waals surface area contributed by atoms with E-state index in [0.717, 1.165) is 34.4 Å². The molecule has 3 heterocycles. The maximum atomic E-state index is 6.11. The maximum Gasteiger partial charge on any atom is 0.149 e. The molecule has 0 radical (unpaired) electrons. The predicted octanol–water partition coefficient (Wildman–Crippen LogP) is 2.54. The smallest absolute Gasteiger partial charge is 0.149 e. The Kier molecular flexibility index (Phi) is 3.90. The van der Waals surface area contributed by atoms with Crippen LogP contribution in [0, 0.1) is 12.8 Å². The Balaban J connectivity index is 1.94. The van der Waals surface area contributed by atoms with Crippen molar-refractivity contribution in [2.24, 2.45) is 5.92 Å². The number of aromatic nitrogens is 2. The lowest BCUT2D eigenvalue weighted by molar-refractivity contribution is 0.266. The van der Waals surface area contributed by atoms with Gasteiger partial charge in [-0.25, -0.2) is 4.98 Å². The summed E-state index contributed by atoms with van der Waals surface area (Å²) in [7, 11) is 4.30. The van der Waals surface area contributed by atoms with Crippen molar-refractivity contribution in [2.75, 3.05) is 37.8 Å². The highest BCUT2D eigenvalue weighted by Crippen LogP contribution is 2.42. The largest absolute Gasteiger partial charge is 0.382 e. The van der Waals surface area contributed by atoms with Gasteiger partial charge in [0.15, 0.2) is 0 Å². The summed E-state index contributed by atoms with van der Waals surface area (Å²) in [5.74, 6) is 1.24. The van der Waals surface area contributed by atoms with Crippen LogP contribution in [0.3, 0.4) is 0 Å². The van der Waals surface area contributed by atoms with E-state index in [0.29, 0.717) is 17.8 Å². The lowest BCUT2D eigenvalue weighted by atomic mass is 10.1. The first kappa shape index (κ1) is 14.7. The van der Waals surface area contributed by atoms with Crippen LogP contribution < -0.4 is 10.6 Å². The lowest BCUT2D eigenvalue weighted by Gasteiger charge is -2.22. The fraction of sp³-hybridized carbons (Fsp3) is 0.571. The Labute approximate surface area is 133 Å². The minimum atomic E-state index is 0.569. The van der Waals surface area contributed by atoms with Gasteiger partial charge >= 0.3 is 0 Å². The highest BCUT2D eigenvalue weighted by atomic mass is 32.1. The molecular weight excluding hydrogens is 302 g/mol. The Morgan fingerprint density at radius 2 is 2.14 bits per heavy atom. The van der Waals surface area contributed by atoms with Crippen LogP contribution in [0.5, 0.6) is 0 Å². The molecule has 0 aliphatic carbocycles. The van der Waals surface area contributed by atoms with Gasteiger partial charge in [-0.15, -0.1) is 11.3 Å². The third-order valence-corrected chi connectivity index (χ3v) is 5.96. The molecule has 2 aromatic rings. The Morgan fingerprint density at radius 3 is 2.71 bits per heavy atom. The molecule has 1 aliphatic rings. The number of hydrogen-bond donors (Lipinski definition) is 1. The van der Waals surface area contributed by atoms with E-state index in [1.54, 1.807) is 11.3 Å². The minimum Gasteiger partial charge on any atom is -0.382 e. The summed E-state index contributed by atoms with van der Waals surface area (Å²) in [6, 6.07) is 0.569. The molecule has 1 fully saturated rings. The molecule has 0 saturated carbocycles. The Bertz CT molecular complexity index is 633. The summed E-state index contributed by atoms with van der Waals surface area (Å²) >= 11 is 3.13. The molecule has 0 amide bonds. The van der Waals surface area contributed by atoms with E-state index in [1.807, 2.05) is 6.92 Å². The fourth-order valence-electron chi connectivity index (χ4n) is 2.97. The van der Waals surface area contributed by atoms with Gasteiger partial charge in [0.1, 0.15) is 15.8 Å². The number of anilines is 2. The molecule has 7 heteroatoms. The van der Waals surface area contributed by atoms with Crippen LogP contribution >= 0.6 is 22.9 Å². The third-order valence-electron chi connectivity index (χ3n) is 4.06. The second-order valence-corrected chi connectivity index (χ2v) is 7.57. The second-order valence-electron chi connectivity index (χ2n) is 5.96. The van der Waals surface area contributed by atoms with Crippen LogP contribution in [0.15, 0.2) is 5.38 Å². The normalized spacial score (nSPS) is 22.4. The highest BCUT2D eigenvalue weighted by molar-refractivity contribution is 7.15. The number of rotatable bonds is 3. The van der Waals surface area contributed by atoms with Gasteiger partial charge in [0.2, 0.25) is 0 Å². The summed E-state index contributed by atoms with van der Waals surface area (Å²) in [6.45, 7) is 6.38. The SMILES string of the molecule is Cc1csc(-c2c(N)nsc2N2CC(C)C(N(C)C)C2)n1. The quantitative estimate of drug-likeness (QED) is 0.940. The van der Waals surface area contributed by atoms with Gasteiger partial charge in [0.05, 0.1) is 5.56 Å². The average Bonchev–Trinajstić information content (AvgIpc) is 3.08. The summed E-state index contributed by atoms with van der Waals surface area (Å²) in [5.41, 5.74) is 8.16. The molecule has 2 atom stereocenters. The van der Waals surface area contributed by atoms with Gasteiger partial charge in [0, 0.05) is 30.2 Å². The van der Waals surface area contributed by atoms with E-state index in [-0.39, 0.29) is 0 Å². The first-order chi connectivity index (χ1) is 9.97. The predicted molar refractivity (Wildman–Crippen MR) is 91.2 cm³/mol. The number of aryl methyl sites for hydroxylation is 1. The van der Waals surface area contributed by atoms with Crippen LogP contribution in [0.1, 0.15) is 12.6 Å². The molecule has 0 bridgehead atoms. The van der Waals surface area contributed by atoms with Gasteiger partial charge in [-0.05, 0) is 38.5 Å². The molecule has 0 aromatic carbocycles. The summed E-state index contributed by atoms with van der Waals surface area (Å²) in [4.78, 5) is 9.31. The number of thiazole rings is 1. The van der Waals surface area contributed by atoms with Gasteiger partial charge in [-0.2, -0.15) is 4.37 Å². The number of nitrogen functional groups attached to an aromatic ring is 1. The van der Waals surface area contributed by atoms with Gasteiger partial charge in [-0.1, -0.05) is 6.92 Å². The van der Waals surface area contributed by atoms with Crippen LogP contribution in [0.2, 0.25) is 0 Å². The number of hydrogen-bond acceptors (Lipinski definition) is 7. The van der Waals surface area contributed by atoms with Crippen LogP contribution in [0.25, 0.3) is 10.6 Å². The average molecular weight is 323 g/mol. The molecule has 2 N–H and O–H groups in total. The third kappa shape index (κ3) is 2.65. The molecule has 1 saturated heterocycles. The monoisotopic (exact) mass is 323 g/mol. The lowest BCUT2D eigenvalue weighted by Crippen LogP contribution is -2.34. The zero-order valence-electron chi connectivity index (χ0n) is 12.8. The minimum absolute atomic E-state index is 0.569. The van der Waals surface area contributed by atoms with E-state index in [4.69, 9.17) is 5.73 Å². The fourth-order valence-corrected chi connectivity index (χ4v) is 4.72. The second kappa shape index (κ2) is 5.55. The number of nitrogens with two attached hydrogens (primary N) is 1. The standard InChI is InChI=1S/C14H21N5S2/c1-8-5-19(6-10(8)18(3)4)14-11(12(15)17-21-14)13-16-9(2)7-20-13/h7-8,10H,5-6H2,1-4H3,(H2,15,17). The van der Waals surface area contributed by atoms with Crippen molar-refractivity contribution in [3.63, 3.8) is 0 Å². The van der Waals surface area contributed by atoms with Crippen LogP contribution in [0.4, 0.5) is 10.8 Å². The van der Waals surface area contributed by atoms with Crippen molar-refractivity contribution in [2.45, 2.75) is 19.9 Å². The van der Waals surface area contributed by atoms with Crippen LogP contribution in [-0.4, -0.2) is 47.5 Å². The summed E-state index contributed by atoms with van der Waals surface area (Å²) < 4.78 is 4.37. The molecule has 2 aromatic heterocycles. The molecule has 114 valence electrons. The van der Waals surface area contributed by atoms with Gasteiger partial charge < -0.3 is 15.5 Å². The van der Waals surface area contributed by atoms with Crippen molar-refractivity contribution >= 4 is 33.7 Å². The highest BCUT2D eigenvalue weighted by Gasteiger charge is 2.34. The van der Waals surface area contributed by atoms with Crippen molar-refractivity contribution in [1.29, 1.82) is 0 Å². The van der Waals surface area contributed by atoms with Crippen molar-refractivity contribution in [1.82, 2.24) is 14.3 Å². The van der Waals surface area contributed by atoms with E-state index in [9.17, 15) is 0 Å². The number of nitrogens with zero attached hydrogens (tertiary/aromatic N) is 4. The van der Waals surface area contributed by atoms with Crippen molar-refractivity contribution in [3.8, 4) is 10.6 Å². The summed E-state index contributed by atoms with van der Waals surface area (Å²) in [6.07, 6.45) is 0. The van der Waals surface area contributed by atoms with Gasteiger partial charge in [-0.3, -0.25) is 0 Å². The zero-order valence-corrected chi connectivity index (χ0v) is 14.5. The number of likely N-dealkylation sites (N-methyl/N-ethyl adjacent to an activating group) is 1. The Morgan fingerprint density at radius 1 is 1.38 bits per heavy atom. The van der Waals surface area contributed by atoms with Crippen molar-refractivity contribution < 1.29 is 0 Å². The Hall–Kier alpha value is -1.18. The van der Waals surface area contributed by atoms with Gasteiger partial charge in [0.25, 0.3) is 0 Å². The molecule has 2 unspecified atom stereocenters. The van der Waals surface area contributed by atoms with E-state index in [1.165, 1.54) is 11.5 Å². The zero-order chi connectivity index (χ0) is 15.1. The summed E-state index contributed by atoms with van der Waals surface area (Å²) in [5, 5.41) is 4.21. The van der Waals surface area contributed by atoms with E-state index >= 15 is 0 Å². The van der Waals surface area contributed by atoms with E-state index < -0.39 is 0 Å². The first-order valence-electron chi connectivity index (χ1n) is 7.06.